The maximum absolute atomic E-state index is 12.6. The van der Waals surface area contributed by atoms with E-state index in [0.29, 0.717) is 41.5 Å². The van der Waals surface area contributed by atoms with E-state index in [1.165, 1.54) is 0 Å². The molecule has 3 rings (SSSR count). The van der Waals surface area contributed by atoms with Crippen LogP contribution in [0.4, 0.5) is 5.69 Å². The molecule has 2 aromatic rings. The zero-order valence-corrected chi connectivity index (χ0v) is 15.8. The van der Waals surface area contributed by atoms with Crippen LogP contribution in [0.1, 0.15) is 57.9 Å². The monoisotopic (exact) mass is 368 g/mol. The molecule has 1 aromatic carbocycles. The third-order valence-electron chi connectivity index (χ3n) is 4.69. The molecule has 2 N–H and O–H groups in total. The number of carbonyl (C=O) groups is 2. The van der Waals surface area contributed by atoms with Gasteiger partial charge in [-0.1, -0.05) is 19.9 Å². The Morgan fingerprint density at radius 3 is 2.74 bits per heavy atom. The van der Waals surface area contributed by atoms with Gasteiger partial charge >= 0.3 is 5.63 Å². The molecule has 1 aromatic heterocycles. The van der Waals surface area contributed by atoms with E-state index in [1.807, 2.05) is 6.07 Å². The Kier molecular flexibility index (Phi) is 5.44. The summed E-state index contributed by atoms with van der Waals surface area (Å²) in [4.78, 5) is 36.9. The Morgan fingerprint density at radius 1 is 1.26 bits per heavy atom. The van der Waals surface area contributed by atoms with Gasteiger partial charge in [0.05, 0.1) is 0 Å². The van der Waals surface area contributed by atoms with Crippen molar-refractivity contribution in [3.8, 4) is 0 Å². The Labute approximate surface area is 158 Å². The van der Waals surface area contributed by atoms with Crippen LogP contribution in [-0.4, -0.2) is 18.4 Å². The first-order valence-electron chi connectivity index (χ1n) is 9.21. The minimum atomic E-state index is -0.637. The second-order valence-corrected chi connectivity index (χ2v) is 7.32. The quantitative estimate of drug-likeness (QED) is 0.849. The SMILES string of the molecule is Cc1cc(CCC(C)C)oc(=O)c1C(=O)Nc1ccc2c(c1)C(=O)NCC2. The second-order valence-electron chi connectivity index (χ2n) is 7.32. The van der Waals surface area contributed by atoms with Gasteiger partial charge in [-0.15, -0.1) is 0 Å². The molecule has 2 amide bonds. The third kappa shape index (κ3) is 4.27. The van der Waals surface area contributed by atoms with Gasteiger partial charge in [0.2, 0.25) is 0 Å². The third-order valence-corrected chi connectivity index (χ3v) is 4.69. The van der Waals surface area contributed by atoms with Gasteiger partial charge in [-0.2, -0.15) is 0 Å². The lowest BCUT2D eigenvalue weighted by atomic mass is 9.99. The summed E-state index contributed by atoms with van der Waals surface area (Å²) >= 11 is 0. The van der Waals surface area contributed by atoms with Gasteiger partial charge in [-0.05, 0) is 55.0 Å². The number of carbonyl (C=O) groups excluding carboxylic acids is 2. The van der Waals surface area contributed by atoms with Crippen molar-refractivity contribution in [1.82, 2.24) is 5.32 Å². The Balaban J connectivity index is 1.81. The lowest BCUT2D eigenvalue weighted by Crippen LogP contribution is -2.32. The van der Waals surface area contributed by atoms with Crippen LogP contribution < -0.4 is 16.3 Å². The second kappa shape index (κ2) is 7.78. The molecule has 0 unspecified atom stereocenters. The summed E-state index contributed by atoms with van der Waals surface area (Å²) in [6, 6.07) is 6.95. The van der Waals surface area contributed by atoms with E-state index in [4.69, 9.17) is 4.42 Å². The van der Waals surface area contributed by atoms with Crippen LogP contribution in [0.5, 0.6) is 0 Å². The predicted octanol–water partition coefficient (Wildman–Crippen LogP) is 3.08. The van der Waals surface area contributed by atoms with Gasteiger partial charge in [0.25, 0.3) is 11.8 Å². The van der Waals surface area contributed by atoms with Gasteiger partial charge in [0.15, 0.2) is 0 Å². The van der Waals surface area contributed by atoms with Crippen LogP contribution in [-0.2, 0) is 12.8 Å². The molecule has 1 aliphatic rings. The minimum Gasteiger partial charge on any atom is -0.427 e. The molecule has 0 saturated heterocycles. The molecule has 1 aliphatic heterocycles. The largest absolute Gasteiger partial charge is 0.427 e. The summed E-state index contributed by atoms with van der Waals surface area (Å²) in [6.07, 6.45) is 2.33. The van der Waals surface area contributed by atoms with Gasteiger partial charge in [0.1, 0.15) is 11.3 Å². The van der Waals surface area contributed by atoms with Crippen LogP contribution in [0, 0.1) is 12.8 Å². The van der Waals surface area contributed by atoms with Crippen molar-refractivity contribution in [2.75, 3.05) is 11.9 Å². The number of hydrogen-bond acceptors (Lipinski definition) is 4. The first-order chi connectivity index (χ1) is 12.8. The van der Waals surface area contributed by atoms with Crippen LogP contribution in [0.2, 0.25) is 0 Å². The number of aryl methyl sites for hydroxylation is 2. The fourth-order valence-corrected chi connectivity index (χ4v) is 3.18. The number of amides is 2. The fourth-order valence-electron chi connectivity index (χ4n) is 3.18. The molecule has 6 heteroatoms. The molecule has 0 saturated carbocycles. The van der Waals surface area contributed by atoms with Crippen molar-refractivity contribution in [3.05, 3.63) is 62.7 Å². The Bertz CT molecular complexity index is 944. The maximum atomic E-state index is 12.6. The molecule has 0 bridgehead atoms. The molecule has 6 nitrogen and oxygen atoms in total. The summed E-state index contributed by atoms with van der Waals surface area (Å²) in [6.45, 7) is 6.54. The van der Waals surface area contributed by atoms with Crippen molar-refractivity contribution in [3.63, 3.8) is 0 Å². The average Bonchev–Trinajstić information content (AvgIpc) is 2.60. The molecule has 142 valence electrons. The highest BCUT2D eigenvalue weighted by Crippen LogP contribution is 2.20. The lowest BCUT2D eigenvalue weighted by Gasteiger charge is -2.17. The first-order valence-corrected chi connectivity index (χ1v) is 9.21. The standard InChI is InChI=1S/C21H24N2O4/c1-12(2)4-7-16-10-13(3)18(21(26)27-16)20(25)23-15-6-5-14-8-9-22-19(24)17(14)11-15/h5-6,10-12H,4,7-9H2,1-3H3,(H,22,24)(H,23,25). The molecule has 0 atom stereocenters. The number of benzene rings is 1. The fraction of sp³-hybridized carbons (Fsp3) is 0.381. The maximum Gasteiger partial charge on any atom is 0.349 e. The highest BCUT2D eigenvalue weighted by atomic mass is 16.4. The predicted molar refractivity (Wildman–Crippen MR) is 103 cm³/mol. The molecular formula is C21H24N2O4. The van der Waals surface area contributed by atoms with Gasteiger partial charge in [-0.25, -0.2) is 4.79 Å². The molecule has 0 fully saturated rings. The number of fused-ring (bicyclic) bond motifs is 1. The molecular weight excluding hydrogens is 344 g/mol. The molecule has 0 radical (unpaired) electrons. The normalized spacial score (nSPS) is 13.3. The van der Waals surface area contributed by atoms with E-state index in [2.05, 4.69) is 24.5 Å². The summed E-state index contributed by atoms with van der Waals surface area (Å²) in [5, 5.41) is 5.48. The lowest BCUT2D eigenvalue weighted by molar-refractivity contribution is 0.0944. The van der Waals surface area contributed by atoms with E-state index in [9.17, 15) is 14.4 Å². The van der Waals surface area contributed by atoms with Crippen molar-refractivity contribution in [2.45, 2.75) is 40.0 Å². The van der Waals surface area contributed by atoms with Gasteiger partial charge < -0.3 is 15.1 Å². The zero-order chi connectivity index (χ0) is 19.6. The van der Waals surface area contributed by atoms with Crippen LogP contribution in [0.15, 0.2) is 33.5 Å². The van der Waals surface area contributed by atoms with E-state index in [-0.39, 0.29) is 11.5 Å². The van der Waals surface area contributed by atoms with Crippen LogP contribution in [0.3, 0.4) is 0 Å². The van der Waals surface area contributed by atoms with Crippen molar-refractivity contribution in [1.29, 1.82) is 0 Å². The van der Waals surface area contributed by atoms with E-state index >= 15 is 0 Å². The van der Waals surface area contributed by atoms with Crippen molar-refractivity contribution in [2.24, 2.45) is 5.92 Å². The number of nitrogens with one attached hydrogen (secondary N) is 2. The summed E-state index contributed by atoms with van der Waals surface area (Å²) < 4.78 is 5.33. The topological polar surface area (TPSA) is 88.4 Å². The number of rotatable bonds is 5. The average molecular weight is 368 g/mol. The molecule has 0 spiro atoms. The summed E-state index contributed by atoms with van der Waals surface area (Å²) in [5.74, 6) is 0.401. The highest BCUT2D eigenvalue weighted by molar-refractivity contribution is 6.06. The Morgan fingerprint density at radius 2 is 2.04 bits per heavy atom. The first kappa shape index (κ1) is 18.9. The van der Waals surface area contributed by atoms with Gasteiger partial charge in [0, 0.05) is 24.2 Å². The summed E-state index contributed by atoms with van der Waals surface area (Å²) in [7, 11) is 0. The number of hydrogen-bond donors (Lipinski definition) is 2. The zero-order valence-electron chi connectivity index (χ0n) is 15.8. The molecule has 27 heavy (non-hydrogen) atoms. The minimum absolute atomic E-state index is 0.00882. The van der Waals surface area contributed by atoms with Gasteiger partial charge in [-0.3, -0.25) is 9.59 Å². The van der Waals surface area contributed by atoms with E-state index < -0.39 is 11.5 Å². The summed E-state index contributed by atoms with van der Waals surface area (Å²) in [5.41, 5.74) is 1.90. The van der Waals surface area contributed by atoms with Crippen molar-refractivity contribution >= 4 is 17.5 Å². The van der Waals surface area contributed by atoms with Crippen LogP contribution >= 0.6 is 0 Å². The highest BCUT2D eigenvalue weighted by Gasteiger charge is 2.20. The van der Waals surface area contributed by atoms with Crippen molar-refractivity contribution < 1.29 is 14.0 Å². The molecule has 2 heterocycles. The molecule has 0 aliphatic carbocycles. The smallest absolute Gasteiger partial charge is 0.349 e. The van der Waals surface area contributed by atoms with E-state index in [0.717, 1.165) is 18.4 Å². The van der Waals surface area contributed by atoms with E-state index in [1.54, 1.807) is 25.1 Å². The Hall–Kier alpha value is -2.89. The number of anilines is 1. The van der Waals surface area contributed by atoms with Crippen LogP contribution in [0.25, 0.3) is 0 Å².